The molecule has 0 saturated carbocycles. The van der Waals surface area contributed by atoms with E-state index in [9.17, 15) is 9.59 Å². The Kier molecular flexibility index (Phi) is 5.58. The molecule has 0 fully saturated rings. The van der Waals surface area contributed by atoms with Gasteiger partial charge in [-0.1, -0.05) is 29.8 Å². The largest absolute Gasteiger partial charge is 0.326 e. The average molecular weight is 445 g/mol. The van der Waals surface area contributed by atoms with Gasteiger partial charge >= 0.3 is 0 Å². The summed E-state index contributed by atoms with van der Waals surface area (Å²) in [4.78, 5) is 25.4. The van der Waals surface area contributed by atoms with Crippen molar-refractivity contribution in [1.29, 1.82) is 0 Å². The predicted octanol–water partition coefficient (Wildman–Crippen LogP) is 5.51. The maximum atomic E-state index is 12.4. The molecule has 2 rings (SSSR count). The lowest BCUT2D eigenvalue weighted by atomic mass is 9.86. The van der Waals surface area contributed by atoms with Gasteiger partial charge in [0, 0.05) is 16.6 Å². The number of anilines is 1. The maximum absolute atomic E-state index is 12.4. The first-order chi connectivity index (χ1) is 10.3. The van der Waals surface area contributed by atoms with Gasteiger partial charge in [-0.2, -0.15) is 0 Å². The van der Waals surface area contributed by atoms with Crippen molar-refractivity contribution in [1.82, 2.24) is 0 Å². The summed E-state index contributed by atoms with van der Waals surface area (Å²) < 4.78 is 1.86. The Morgan fingerprint density at radius 1 is 1.09 bits per heavy atom. The first-order valence-corrected chi connectivity index (χ1v) is 9.04. The number of ketones is 1. The highest BCUT2D eigenvalue weighted by Gasteiger charge is 2.31. The van der Waals surface area contributed by atoms with Crippen LogP contribution >= 0.6 is 43.2 Å². The van der Waals surface area contributed by atoms with Gasteiger partial charge in [0.25, 0.3) is 0 Å². The Labute approximate surface area is 150 Å². The van der Waals surface area contributed by atoms with E-state index in [2.05, 4.69) is 37.2 Å². The summed E-state index contributed by atoms with van der Waals surface area (Å²) in [6.07, 6.45) is 0.169. The fraction of sp³-hybridized carbons (Fsp3) is 0.250. The van der Waals surface area contributed by atoms with Crippen LogP contribution in [0.4, 0.5) is 5.69 Å². The number of carbonyl (C=O) groups is 2. The van der Waals surface area contributed by atoms with Crippen LogP contribution in [0.3, 0.4) is 0 Å². The van der Waals surface area contributed by atoms with E-state index in [0.717, 1.165) is 8.26 Å². The number of Topliss-reactive ketones (excluding diaryl/α,β-unsaturated/α-hetero) is 1. The minimum absolute atomic E-state index is 0.0216. The Balaban J connectivity index is 2.03. The minimum atomic E-state index is -0.777. The van der Waals surface area contributed by atoms with Gasteiger partial charge < -0.3 is 5.32 Å². The van der Waals surface area contributed by atoms with Crippen LogP contribution in [0.5, 0.6) is 0 Å². The van der Waals surface area contributed by atoms with Crippen LogP contribution in [-0.4, -0.2) is 11.7 Å². The molecule has 1 aromatic carbocycles. The summed E-state index contributed by atoms with van der Waals surface area (Å²) in [5, 5.41) is 2.85. The van der Waals surface area contributed by atoms with Gasteiger partial charge in [-0.15, -0.1) is 11.3 Å². The van der Waals surface area contributed by atoms with Gasteiger partial charge in [-0.05, 0) is 52.3 Å². The number of rotatable bonds is 5. The number of benzene rings is 1. The number of nitrogens with one attached hydrogen (secondary N) is 1. The molecule has 0 aliphatic heterocycles. The van der Waals surface area contributed by atoms with Crippen molar-refractivity contribution >= 4 is 60.6 Å². The Bertz CT molecular complexity index is 692. The van der Waals surface area contributed by atoms with Crippen molar-refractivity contribution in [2.75, 3.05) is 5.32 Å². The van der Waals surface area contributed by atoms with Crippen LogP contribution in [0.25, 0.3) is 0 Å². The summed E-state index contributed by atoms with van der Waals surface area (Å²) in [6, 6.07) is 11.0. The molecule has 0 atom stereocenters. The summed E-state index contributed by atoms with van der Waals surface area (Å²) in [6.45, 7) is 3.56. The highest BCUT2D eigenvalue weighted by atomic mass is 79.9. The van der Waals surface area contributed by atoms with Crippen LogP contribution < -0.4 is 5.32 Å². The number of halogens is 2. The van der Waals surface area contributed by atoms with Crippen molar-refractivity contribution in [3.8, 4) is 0 Å². The van der Waals surface area contributed by atoms with E-state index < -0.39 is 5.41 Å². The Hall–Kier alpha value is -0.980. The van der Waals surface area contributed by atoms with Gasteiger partial charge in [-0.25, -0.2) is 0 Å². The third-order valence-corrected chi connectivity index (χ3v) is 5.36. The molecule has 1 aromatic heterocycles. The molecule has 1 heterocycles. The third kappa shape index (κ3) is 4.51. The molecular formula is C16H15Br2NO2S. The zero-order chi connectivity index (χ0) is 16.3. The van der Waals surface area contributed by atoms with Crippen molar-refractivity contribution in [3.63, 3.8) is 0 Å². The van der Waals surface area contributed by atoms with E-state index in [1.165, 1.54) is 11.3 Å². The van der Waals surface area contributed by atoms with Gasteiger partial charge in [0.2, 0.25) is 5.91 Å². The number of carbonyl (C=O) groups excluding carboxylic acids is 2. The van der Waals surface area contributed by atoms with Crippen LogP contribution in [0, 0.1) is 5.41 Å². The lowest BCUT2D eigenvalue weighted by Crippen LogP contribution is -2.32. The highest BCUT2D eigenvalue weighted by Crippen LogP contribution is 2.29. The standard InChI is InChI=1S/C16H15Br2NO2S/c1-16(2,9-12(20)13-7-8-14(18)22-13)15(21)19-11-5-3-10(17)4-6-11/h3-8H,9H2,1-2H3,(H,19,21). The molecule has 0 radical (unpaired) electrons. The minimum Gasteiger partial charge on any atom is -0.326 e. The molecule has 116 valence electrons. The number of amides is 1. The van der Waals surface area contributed by atoms with Crippen molar-refractivity contribution in [3.05, 3.63) is 49.5 Å². The molecule has 3 nitrogen and oxygen atoms in total. The summed E-state index contributed by atoms with van der Waals surface area (Å²) >= 11 is 8.08. The van der Waals surface area contributed by atoms with E-state index in [1.54, 1.807) is 19.9 Å². The number of hydrogen-bond donors (Lipinski definition) is 1. The van der Waals surface area contributed by atoms with Gasteiger partial charge in [0.05, 0.1) is 14.1 Å². The van der Waals surface area contributed by atoms with Crippen molar-refractivity contribution in [2.45, 2.75) is 20.3 Å². The average Bonchev–Trinajstić information content (AvgIpc) is 2.87. The molecule has 22 heavy (non-hydrogen) atoms. The first-order valence-electron chi connectivity index (χ1n) is 6.63. The molecule has 0 unspecified atom stereocenters. The summed E-state index contributed by atoms with van der Waals surface area (Å²) in [5.74, 6) is -0.189. The van der Waals surface area contributed by atoms with E-state index in [1.807, 2.05) is 30.3 Å². The molecule has 0 aliphatic carbocycles. The molecule has 1 amide bonds. The topological polar surface area (TPSA) is 46.2 Å². The van der Waals surface area contributed by atoms with Crippen LogP contribution in [-0.2, 0) is 4.79 Å². The van der Waals surface area contributed by atoms with E-state index >= 15 is 0 Å². The molecular weight excluding hydrogens is 430 g/mol. The fourth-order valence-corrected chi connectivity index (χ4v) is 3.45. The number of thiophene rings is 1. The second kappa shape index (κ2) is 7.06. The lowest BCUT2D eigenvalue weighted by molar-refractivity contribution is -0.123. The number of hydrogen-bond acceptors (Lipinski definition) is 3. The SMILES string of the molecule is CC(C)(CC(=O)c1ccc(Br)s1)C(=O)Nc1ccc(Br)cc1. The maximum Gasteiger partial charge on any atom is 0.230 e. The quantitative estimate of drug-likeness (QED) is 0.617. The smallest absolute Gasteiger partial charge is 0.230 e. The molecule has 6 heteroatoms. The van der Waals surface area contributed by atoms with E-state index in [4.69, 9.17) is 0 Å². The molecule has 0 spiro atoms. The van der Waals surface area contributed by atoms with Crippen LogP contribution in [0.1, 0.15) is 29.9 Å². The van der Waals surface area contributed by atoms with Crippen LogP contribution in [0.2, 0.25) is 0 Å². The van der Waals surface area contributed by atoms with E-state index in [0.29, 0.717) is 10.6 Å². The van der Waals surface area contributed by atoms with Crippen LogP contribution in [0.15, 0.2) is 44.7 Å². The Morgan fingerprint density at radius 3 is 2.27 bits per heavy atom. The summed E-state index contributed by atoms with van der Waals surface area (Å²) in [5.41, 5.74) is -0.0618. The monoisotopic (exact) mass is 443 g/mol. The lowest BCUT2D eigenvalue weighted by Gasteiger charge is -2.22. The third-order valence-electron chi connectivity index (χ3n) is 3.17. The second-order valence-corrected chi connectivity index (χ2v) is 8.93. The molecule has 0 aliphatic rings. The van der Waals surface area contributed by atoms with E-state index in [-0.39, 0.29) is 18.1 Å². The summed E-state index contributed by atoms with van der Waals surface area (Å²) in [7, 11) is 0. The Morgan fingerprint density at radius 2 is 1.73 bits per heavy atom. The molecule has 1 N–H and O–H groups in total. The van der Waals surface area contributed by atoms with Gasteiger partial charge in [0.15, 0.2) is 5.78 Å². The van der Waals surface area contributed by atoms with Crippen molar-refractivity contribution in [2.24, 2.45) is 5.41 Å². The molecule has 0 bridgehead atoms. The van der Waals surface area contributed by atoms with Gasteiger partial charge in [-0.3, -0.25) is 9.59 Å². The normalized spacial score (nSPS) is 11.3. The molecule has 0 saturated heterocycles. The second-order valence-electron chi connectivity index (χ2n) is 5.55. The van der Waals surface area contributed by atoms with Crippen molar-refractivity contribution < 1.29 is 9.59 Å². The fourth-order valence-electron chi connectivity index (χ4n) is 1.87. The first kappa shape index (κ1) is 17.4. The van der Waals surface area contributed by atoms with Gasteiger partial charge in [0.1, 0.15) is 0 Å². The molecule has 2 aromatic rings. The predicted molar refractivity (Wildman–Crippen MR) is 97.5 cm³/mol. The zero-order valence-corrected chi connectivity index (χ0v) is 16.1. The zero-order valence-electron chi connectivity index (χ0n) is 12.2. The highest BCUT2D eigenvalue weighted by molar-refractivity contribution is 9.11.